The van der Waals surface area contributed by atoms with Gasteiger partial charge in [0, 0.05) is 16.7 Å². The van der Waals surface area contributed by atoms with E-state index in [-0.39, 0.29) is 12.5 Å². The van der Waals surface area contributed by atoms with Gasteiger partial charge in [0.15, 0.2) is 0 Å². The summed E-state index contributed by atoms with van der Waals surface area (Å²) in [6.07, 6.45) is 1.12. The number of nitrogens with one attached hydrogen (secondary N) is 1. The van der Waals surface area contributed by atoms with E-state index < -0.39 is 10.0 Å². The van der Waals surface area contributed by atoms with Crippen LogP contribution in [0.5, 0.6) is 11.5 Å². The van der Waals surface area contributed by atoms with Crippen LogP contribution in [0.2, 0.25) is 5.02 Å². The van der Waals surface area contributed by atoms with Gasteiger partial charge in [-0.2, -0.15) is 0 Å². The number of anilines is 2. The predicted molar refractivity (Wildman–Crippen MR) is 126 cm³/mol. The summed E-state index contributed by atoms with van der Waals surface area (Å²) in [6.45, 7) is 0.0745. The molecule has 1 amide bonds. The zero-order chi connectivity index (χ0) is 23.3. The van der Waals surface area contributed by atoms with Gasteiger partial charge in [0.05, 0.1) is 38.4 Å². The number of hydrogen-bond acceptors (Lipinski definition) is 5. The second-order valence-electron chi connectivity index (χ2n) is 6.93. The Morgan fingerprint density at radius 1 is 1.00 bits per heavy atom. The molecule has 1 N–H and O–H groups in total. The SMILES string of the molecule is COc1ccc(OC)c(NC(=O)c2ccc(N(Cc3ccccc3Cl)S(C)(=O)=O)cc2)c1. The monoisotopic (exact) mass is 474 g/mol. The van der Waals surface area contributed by atoms with E-state index in [1.54, 1.807) is 66.7 Å². The Bertz CT molecular complexity index is 1210. The maximum Gasteiger partial charge on any atom is 0.255 e. The van der Waals surface area contributed by atoms with Gasteiger partial charge < -0.3 is 14.8 Å². The number of rotatable bonds is 8. The molecule has 168 valence electrons. The molecule has 0 saturated carbocycles. The molecule has 0 aliphatic rings. The average molecular weight is 475 g/mol. The number of nitrogens with zero attached hydrogens (tertiary/aromatic N) is 1. The summed E-state index contributed by atoms with van der Waals surface area (Å²) >= 11 is 6.20. The first-order chi connectivity index (χ1) is 15.2. The molecule has 0 bridgehead atoms. The van der Waals surface area contributed by atoms with Crippen LogP contribution in [-0.2, 0) is 16.6 Å². The molecule has 32 heavy (non-hydrogen) atoms. The van der Waals surface area contributed by atoms with Crippen LogP contribution in [0, 0.1) is 0 Å². The zero-order valence-electron chi connectivity index (χ0n) is 17.8. The number of ether oxygens (including phenoxy) is 2. The van der Waals surface area contributed by atoms with E-state index in [4.69, 9.17) is 21.1 Å². The molecule has 0 radical (unpaired) electrons. The first-order valence-corrected chi connectivity index (χ1v) is 11.8. The number of halogens is 1. The third-order valence-electron chi connectivity index (χ3n) is 4.74. The van der Waals surface area contributed by atoms with Gasteiger partial charge in [0.2, 0.25) is 10.0 Å². The number of carbonyl (C=O) groups is 1. The maximum absolute atomic E-state index is 12.7. The highest BCUT2D eigenvalue weighted by molar-refractivity contribution is 7.92. The van der Waals surface area contributed by atoms with Crippen LogP contribution in [0.15, 0.2) is 66.7 Å². The second kappa shape index (κ2) is 9.93. The van der Waals surface area contributed by atoms with Crippen LogP contribution in [0.4, 0.5) is 11.4 Å². The lowest BCUT2D eigenvalue weighted by Gasteiger charge is -2.23. The standard InChI is InChI=1S/C23H23ClN2O5S/c1-30-19-12-13-22(31-2)21(14-19)25-23(27)16-8-10-18(11-9-16)26(32(3,28)29)15-17-6-4-5-7-20(17)24/h4-14H,15H2,1-3H3,(H,25,27). The third-order valence-corrected chi connectivity index (χ3v) is 6.25. The number of benzene rings is 3. The lowest BCUT2D eigenvalue weighted by molar-refractivity contribution is 0.102. The van der Waals surface area contributed by atoms with E-state index in [9.17, 15) is 13.2 Å². The van der Waals surface area contributed by atoms with Crippen molar-refractivity contribution >= 4 is 38.9 Å². The first-order valence-electron chi connectivity index (χ1n) is 9.57. The maximum atomic E-state index is 12.7. The molecule has 0 unspecified atom stereocenters. The van der Waals surface area contributed by atoms with Crippen molar-refractivity contribution in [2.45, 2.75) is 6.54 Å². The van der Waals surface area contributed by atoms with Crippen LogP contribution in [0.1, 0.15) is 15.9 Å². The highest BCUT2D eigenvalue weighted by Gasteiger charge is 2.20. The van der Waals surface area contributed by atoms with Crippen LogP contribution in [0.25, 0.3) is 0 Å². The third kappa shape index (κ3) is 5.52. The molecule has 0 aliphatic heterocycles. The second-order valence-corrected chi connectivity index (χ2v) is 9.24. The molecule has 0 saturated heterocycles. The van der Waals surface area contributed by atoms with Gasteiger partial charge in [-0.05, 0) is 48.0 Å². The minimum absolute atomic E-state index is 0.0745. The van der Waals surface area contributed by atoms with E-state index >= 15 is 0 Å². The Kier molecular flexibility index (Phi) is 7.27. The fourth-order valence-corrected chi connectivity index (χ4v) is 4.14. The minimum Gasteiger partial charge on any atom is -0.497 e. The van der Waals surface area contributed by atoms with Gasteiger partial charge in [0.1, 0.15) is 11.5 Å². The summed E-state index contributed by atoms with van der Waals surface area (Å²) in [5.74, 6) is 0.679. The van der Waals surface area contributed by atoms with E-state index in [0.717, 1.165) is 6.26 Å². The Hall–Kier alpha value is -3.23. The Labute approximate surface area is 192 Å². The number of methoxy groups -OCH3 is 2. The minimum atomic E-state index is -3.59. The van der Waals surface area contributed by atoms with Crippen LogP contribution in [0.3, 0.4) is 0 Å². The molecule has 3 aromatic rings. The van der Waals surface area contributed by atoms with Crippen molar-refractivity contribution in [3.8, 4) is 11.5 Å². The molecule has 0 fully saturated rings. The molecule has 3 aromatic carbocycles. The van der Waals surface area contributed by atoms with Crippen molar-refractivity contribution in [3.05, 3.63) is 82.9 Å². The van der Waals surface area contributed by atoms with Crippen molar-refractivity contribution < 1.29 is 22.7 Å². The van der Waals surface area contributed by atoms with Crippen molar-refractivity contribution in [3.63, 3.8) is 0 Å². The normalized spacial score (nSPS) is 11.0. The fourth-order valence-electron chi connectivity index (χ4n) is 3.07. The van der Waals surface area contributed by atoms with Crippen LogP contribution in [-0.4, -0.2) is 34.8 Å². The lowest BCUT2D eigenvalue weighted by Crippen LogP contribution is -2.29. The van der Waals surface area contributed by atoms with E-state index in [2.05, 4.69) is 5.32 Å². The molecule has 0 heterocycles. The smallest absolute Gasteiger partial charge is 0.255 e. The van der Waals surface area contributed by atoms with Gasteiger partial charge in [-0.25, -0.2) is 8.42 Å². The van der Waals surface area contributed by atoms with Gasteiger partial charge in [-0.1, -0.05) is 29.8 Å². The number of sulfonamides is 1. The van der Waals surface area contributed by atoms with Crippen molar-refractivity contribution in [2.24, 2.45) is 0 Å². The molecule has 9 heteroatoms. The van der Waals surface area contributed by atoms with Crippen LogP contribution < -0.4 is 19.1 Å². The highest BCUT2D eigenvalue weighted by Crippen LogP contribution is 2.30. The molecule has 3 rings (SSSR count). The number of carbonyl (C=O) groups excluding carboxylic acids is 1. The summed E-state index contributed by atoms with van der Waals surface area (Å²) in [6, 6.07) is 18.4. The first kappa shape index (κ1) is 23.4. The predicted octanol–water partition coefficient (Wildman–Crippen LogP) is 4.58. The fraction of sp³-hybridized carbons (Fsp3) is 0.174. The molecule has 0 atom stereocenters. The summed E-state index contributed by atoms with van der Waals surface area (Å²) < 4.78 is 36.5. The Morgan fingerprint density at radius 2 is 1.69 bits per heavy atom. The number of hydrogen-bond donors (Lipinski definition) is 1. The topological polar surface area (TPSA) is 84.9 Å². The summed E-state index contributed by atoms with van der Waals surface area (Å²) in [5.41, 5.74) is 1.90. The summed E-state index contributed by atoms with van der Waals surface area (Å²) in [5, 5.41) is 3.26. The molecular weight excluding hydrogens is 452 g/mol. The van der Waals surface area contributed by atoms with Gasteiger partial charge in [0.25, 0.3) is 5.91 Å². The zero-order valence-corrected chi connectivity index (χ0v) is 19.4. The quantitative estimate of drug-likeness (QED) is 0.516. The molecular formula is C23H23ClN2O5S. The van der Waals surface area contributed by atoms with Crippen molar-refractivity contribution in [1.29, 1.82) is 0 Å². The highest BCUT2D eigenvalue weighted by atomic mass is 35.5. The molecule has 0 spiro atoms. The van der Waals surface area contributed by atoms with Gasteiger partial charge in [-0.3, -0.25) is 9.10 Å². The van der Waals surface area contributed by atoms with E-state index in [0.29, 0.717) is 39.0 Å². The van der Waals surface area contributed by atoms with Crippen LogP contribution >= 0.6 is 11.6 Å². The van der Waals surface area contributed by atoms with Gasteiger partial charge >= 0.3 is 0 Å². The van der Waals surface area contributed by atoms with E-state index in [1.165, 1.54) is 18.5 Å². The average Bonchev–Trinajstić information content (AvgIpc) is 2.77. The lowest BCUT2D eigenvalue weighted by atomic mass is 10.1. The molecule has 7 nitrogen and oxygen atoms in total. The Morgan fingerprint density at radius 3 is 2.28 bits per heavy atom. The molecule has 0 aliphatic carbocycles. The molecule has 0 aromatic heterocycles. The summed E-state index contributed by atoms with van der Waals surface area (Å²) in [7, 11) is -0.553. The largest absolute Gasteiger partial charge is 0.497 e. The van der Waals surface area contributed by atoms with Crippen molar-refractivity contribution in [2.75, 3.05) is 30.1 Å². The van der Waals surface area contributed by atoms with Crippen molar-refractivity contribution in [1.82, 2.24) is 0 Å². The van der Waals surface area contributed by atoms with Gasteiger partial charge in [-0.15, -0.1) is 0 Å². The van der Waals surface area contributed by atoms with E-state index in [1.807, 2.05) is 0 Å². The number of amides is 1. The summed E-state index contributed by atoms with van der Waals surface area (Å²) in [4.78, 5) is 12.7. The Balaban J connectivity index is 1.84.